The summed E-state index contributed by atoms with van der Waals surface area (Å²) < 4.78 is 18.4. The molecule has 0 radical (unpaired) electrons. The Balaban J connectivity index is 1.96. The van der Waals surface area contributed by atoms with E-state index in [-0.39, 0.29) is 5.78 Å². The predicted octanol–water partition coefficient (Wildman–Crippen LogP) is 7.01. The molecule has 0 fully saturated rings. The minimum absolute atomic E-state index is 0.0821. The molecule has 3 aromatic carbocycles. The third kappa shape index (κ3) is 4.37. The van der Waals surface area contributed by atoms with Crippen LogP contribution in [0.15, 0.2) is 42.6 Å². The number of benzene rings is 3. The Hall–Kier alpha value is -3.95. The Kier molecular flexibility index (Phi) is 6.58. The second kappa shape index (κ2) is 9.74. The molecule has 0 saturated carbocycles. The highest BCUT2D eigenvalue weighted by Gasteiger charge is 2.31. The second-order valence-corrected chi connectivity index (χ2v) is 10.7. The van der Waals surface area contributed by atoms with Crippen LogP contribution in [-0.2, 0) is 16.0 Å². The van der Waals surface area contributed by atoms with Gasteiger partial charge < -0.3 is 14.2 Å². The van der Waals surface area contributed by atoms with Gasteiger partial charge in [0.15, 0.2) is 5.78 Å². The Labute approximate surface area is 223 Å². The number of ether oxygens (including phenoxy) is 3. The zero-order valence-corrected chi connectivity index (χ0v) is 22.8. The molecular formula is C32H32N2O4. The number of hydrogen-bond donors (Lipinski definition) is 0. The van der Waals surface area contributed by atoms with Gasteiger partial charge in [-0.3, -0.25) is 9.78 Å². The highest BCUT2D eigenvalue weighted by molar-refractivity contribution is 6.10. The van der Waals surface area contributed by atoms with Gasteiger partial charge in [-0.25, -0.2) is 0 Å². The molecule has 0 N–H and O–H groups in total. The van der Waals surface area contributed by atoms with Gasteiger partial charge in [0, 0.05) is 29.0 Å². The molecule has 1 aliphatic rings. The number of carbonyl (C=O) groups excluding carboxylic acids is 1. The average molecular weight is 509 g/mol. The maximum Gasteiger partial charge on any atom is 0.163 e. The fourth-order valence-electron chi connectivity index (χ4n) is 5.42. The van der Waals surface area contributed by atoms with Crippen molar-refractivity contribution in [2.24, 2.45) is 0 Å². The number of aromatic nitrogens is 1. The normalized spacial score (nSPS) is 13.7. The smallest absolute Gasteiger partial charge is 0.163 e. The quantitative estimate of drug-likeness (QED) is 0.279. The SMILES string of the molecule is CCOc1c(C#N)ccc2c(-c3ccc4c5c(ccnc35)CCO4)c(C(OC(C)(C)C)C(C)=O)c(C)cc12. The van der Waals surface area contributed by atoms with Crippen LogP contribution in [0.5, 0.6) is 11.5 Å². The van der Waals surface area contributed by atoms with E-state index in [1.54, 1.807) is 13.0 Å². The number of rotatable bonds is 6. The lowest BCUT2D eigenvalue weighted by molar-refractivity contribution is -0.138. The standard InChI is InChI=1S/C32H32N2O4/c1-7-36-31-21(17-33)8-9-22-24(31)16-18(2)26(30(19(3)35)38-32(4,5)6)28(22)23-10-11-25-27-20(13-15-37-25)12-14-34-29(23)27/h8-12,14,16,30H,7,13,15H2,1-6H3. The van der Waals surface area contributed by atoms with E-state index >= 15 is 0 Å². The fraction of sp³-hybridized carbons (Fsp3) is 0.344. The minimum Gasteiger partial charge on any atom is -0.493 e. The molecule has 1 aliphatic heterocycles. The number of Topliss-reactive ketones (excluding diaryl/α,β-unsaturated/α-hetero) is 1. The van der Waals surface area contributed by atoms with Crippen molar-refractivity contribution in [3.63, 3.8) is 0 Å². The molecule has 1 aromatic heterocycles. The molecule has 0 amide bonds. The van der Waals surface area contributed by atoms with E-state index < -0.39 is 11.7 Å². The van der Waals surface area contributed by atoms with Gasteiger partial charge in [0.1, 0.15) is 23.7 Å². The van der Waals surface area contributed by atoms with E-state index in [1.165, 1.54) is 5.56 Å². The van der Waals surface area contributed by atoms with Crippen LogP contribution in [0, 0.1) is 18.3 Å². The lowest BCUT2D eigenvalue weighted by Gasteiger charge is -2.30. The number of carbonyl (C=O) groups is 1. The first kappa shape index (κ1) is 25.7. The molecule has 5 rings (SSSR count). The monoisotopic (exact) mass is 508 g/mol. The summed E-state index contributed by atoms with van der Waals surface area (Å²) in [5.74, 6) is 1.27. The van der Waals surface area contributed by atoms with Crippen LogP contribution in [0.2, 0.25) is 0 Å². The van der Waals surface area contributed by atoms with E-state index in [9.17, 15) is 10.1 Å². The maximum absolute atomic E-state index is 13.2. The summed E-state index contributed by atoms with van der Waals surface area (Å²) in [4.78, 5) is 18.0. The van der Waals surface area contributed by atoms with Crippen LogP contribution >= 0.6 is 0 Å². The Bertz CT molecular complexity index is 1620. The molecular weight excluding hydrogens is 476 g/mol. The molecule has 0 aliphatic carbocycles. The van der Waals surface area contributed by atoms with Crippen LogP contribution in [-0.4, -0.2) is 29.6 Å². The van der Waals surface area contributed by atoms with Crippen molar-refractivity contribution in [2.45, 2.75) is 59.7 Å². The highest BCUT2D eigenvalue weighted by atomic mass is 16.5. The largest absolute Gasteiger partial charge is 0.493 e. The molecule has 38 heavy (non-hydrogen) atoms. The number of aryl methyl sites for hydroxylation is 1. The van der Waals surface area contributed by atoms with Crippen LogP contribution in [0.4, 0.5) is 0 Å². The number of nitrogens with zero attached hydrogens (tertiary/aromatic N) is 2. The van der Waals surface area contributed by atoms with Crippen molar-refractivity contribution in [1.29, 1.82) is 5.26 Å². The molecule has 6 nitrogen and oxygen atoms in total. The molecule has 6 heteroatoms. The van der Waals surface area contributed by atoms with Crippen molar-refractivity contribution in [3.05, 3.63) is 64.8 Å². The first-order chi connectivity index (χ1) is 18.1. The lowest BCUT2D eigenvalue weighted by atomic mass is 9.84. The van der Waals surface area contributed by atoms with Crippen molar-refractivity contribution in [3.8, 4) is 28.7 Å². The Morgan fingerprint density at radius 3 is 2.66 bits per heavy atom. The molecule has 1 atom stereocenters. The van der Waals surface area contributed by atoms with E-state index in [1.807, 2.05) is 71.1 Å². The zero-order chi connectivity index (χ0) is 27.2. The number of ketones is 1. The van der Waals surface area contributed by atoms with Gasteiger partial charge in [0.2, 0.25) is 0 Å². The summed E-state index contributed by atoms with van der Waals surface area (Å²) >= 11 is 0. The van der Waals surface area contributed by atoms with E-state index in [2.05, 4.69) is 6.07 Å². The molecule has 4 aromatic rings. The summed E-state index contributed by atoms with van der Waals surface area (Å²) in [7, 11) is 0. The van der Waals surface area contributed by atoms with Crippen LogP contribution < -0.4 is 9.47 Å². The lowest BCUT2D eigenvalue weighted by Crippen LogP contribution is -2.27. The molecule has 0 bridgehead atoms. The number of pyridine rings is 1. The predicted molar refractivity (Wildman–Crippen MR) is 149 cm³/mol. The van der Waals surface area contributed by atoms with E-state index in [4.69, 9.17) is 19.2 Å². The van der Waals surface area contributed by atoms with Crippen LogP contribution in [0.1, 0.15) is 63.0 Å². The van der Waals surface area contributed by atoms with Gasteiger partial charge >= 0.3 is 0 Å². The van der Waals surface area contributed by atoms with Gasteiger partial charge in [-0.05, 0) is 99.5 Å². The van der Waals surface area contributed by atoms with E-state index in [0.29, 0.717) is 24.5 Å². The number of fused-ring (bicyclic) bond motifs is 1. The van der Waals surface area contributed by atoms with Crippen molar-refractivity contribution in [2.75, 3.05) is 13.2 Å². The molecule has 194 valence electrons. The highest BCUT2D eigenvalue weighted by Crippen LogP contribution is 2.47. The zero-order valence-electron chi connectivity index (χ0n) is 22.8. The third-order valence-electron chi connectivity index (χ3n) is 6.87. The third-order valence-corrected chi connectivity index (χ3v) is 6.87. The number of nitriles is 1. The van der Waals surface area contributed by atoms with Gasteiger partial charge in [0.05, 0.1) is 29.9 Å². The van der Waals surface area contributed by atoms with Gasteiger partial charge in [-0.2, -0.15) is 5.26 Å². The van der Waals surface area contributed by atoms with Crippen LogP contribution in [0.25, 0.3) is 32.8 Å². The van der Waals surface area contributed by atoms with Gasteiger partial charge in [-0.15, -0.1) is 0 Å². The molecule has 2 heterocycles. The van der Waals surface area contributed by atoms with Crippen molar-refractivity contribution in [1.82, 2.24) is 4.98 Å². The molecule has 1 unspecified atom stereocenters. The summed E-state index contributed by atoms with van der Waals surface area (Å²) in [6, 6.07) is 14.0. The van der Waals surface area contributed by atoms with E-state index in [0.717, 1.165) is 56.1 Å². The molecule has 0 spiro atoms. The van der Waals surface area contributed by atoms with Gasteiger partial charge in [-0.1, -0.05) is 6.07 Å². The van der Waals surface area contributed by atoms with Crippen molar-refractivity contribution >= 4 is 27.5 Å². The Morgan fingerprint density at radius 1 is 1.18 bits per heavy atom. The topological polar surface area (TPSA) is 81.4 Å². The summed E-state index contributed by atoms with van der Waals surface area (Å²) in [5, 5.41) is 12.5. The summed E-state index contributed by atoms with van der Waals surface area (Å²) in [5.41, 5.74) is 5.33. The summed E-state index contributed by atoms with van der Waals surface area (Å²) in [6.45, 7) is 12.4. The fourth-order valence-corrected chi connectivity index (χ4v) is 5.42. The average Bonchev–Trinajstić information content (AvgIpc) is 2.87. The van der Waals surface area contributed by atoms with Gasteiger partial charge in [0.25, 0.3) is 0 Å². The van der Waals surface area contributed by atoms with Crippen molar-refractivity contribution < 1.29 is 19.0 Å². The minimum atomic E-state index is -0.789. The maximum atomic E-state index is 13.2. The van der Waals surface area contributed by atoms with Crippen LogP contribution in [0.3, 0.4) is 0 Å². The first-order valence-electron chi connectivity index (χ1n) is 13.0. The first-order valence-corrected chi connectivity index (χ1v) is 13.0. The molecule has 0 saturated heterocycles. The summed E-state index contributed by atoms with van der Waals surface area (Å²) in [6.07, 6.45) is 1.85. The second-order valence-electron chi connectivity index (χ2n) is 10.7. The number of hydrogen-bond acceptors (Lipinski definition) is 6. The Morgan fingerprint density at radius 2 is 1.97 bits per heavy atom.